The summed E-state index contributed by atoms with van der Waals surface area (Å²) in [5.41, 5.74) is 0. The van der Waals surface area contributed by atoms with E-state index in [9.17, 15) is 0 Å². The first-order valence-corrected chi connectivity index (χ1v) is 2.82. The van der Waals surface area contributed by atoms with Gasteiger partial charge in [-0.3, -0.25) is 0 Å². The molecule has 6 radical (unpaired) electrons. The molecule has 0 fully saturated rings. The van der Waals surface area contributed by atoms with Crippen molar-refractivity contribution in [2.45, 2.75) is 0 Å². The molecule has 0 bridgehead atoms. The molecule has 3 heteroatoms. The number of rotatable bonds is 0. The zero-order valence-corrected chi connectivity index (χ0v) is 5.56. The fraction of sp³-hybridized carbons (Fsp3) is 0. The van der Waals surface area contributed by atoms with Crippen molar-refractivity contribution in [3.63, 3.8) is 0 Å². The molecule has 1 rings (SSSR count). The predicted molar refractivity (Wildman–Crippen MR) is 29.5 cm³/mol. The lowest BCUT2D eigenvalue weighted by Crippen LogP contribution is -2.00. The molecule has 0 aliphatic carbocycles. The van der Waals surface area contributed by atoms with E-state index >= 15 is 0 Å². The second kappa shape index (κ2) is 1.67. The van der Waals surface area contributed by atoms with Crippen LogP contribution < -0.4 is 10.8 Å². The molecular formula is C4H2OSi2. The molecule has 7 heavy (non-hydrogen) atoms. The monoisotopic (exact) mass is 122 g/mol. The van der Waals surface area contributed by atoms with Crippen LogP contribution in [0.2, 0.25) is 0 Å². The van der Waals surface area contributed by atoms with Gasteiger partial charge in [0.1, 0.15) is 20.5 Å². The number of hydrogen-bond donors (Lipinski definition) is 0. The highest BCUT2D eigenvalue weighted by Crippen LogP contribution is 1.71. The van der Waals surface area contributed by atoms with E-state index in [1.165, 1.54) is 0 Å². The summed E-state index contributed by atoms with van der Waals surface area (Å²) in [7, 11) is 6.36. The van der Waals surface area contributed by atoms with Gasteiger partial charge in [-0.25, -0.2) is 0 Å². The van der Waals surface area contributed by atoms with E-state index in [1.807, 2.05) is 12.1 Å². The second-order valence-electron chi connectivity index (χ2n) is 1.16. The van der Waals surface area contributed by atoms with E-state index in [4.69, 9.17) is 4.42 Å². The minimum absolute atomic E-state index is 0.741. The lowest BCUT2D eigenvalue weighted by molar-refractivity contribution is 0.639. The molecule has 0 spiro atoms. The van der Waals surface area contributed by atoms with Crippen molar-refractivity contribution < 1.29 is 4.42 Å². The summed E-state index contributed by atoms with van der Waals surface area (Å²) < 4.78 is 4.91. The van der Waals surface area contributed by atoms with Gasteiger partial charge in [0.25, 0.3) is 0 Å². The van der Waals surface area contributed by atoms with Gasteiger partial charge in [-0.1, -0.05) is 0 Å². The molecule has 1 heterocycles. The van der Waals surface area contributed by atoms with E-state index < -0.39 is 0 Å². The van der Waals surface area contributed by atoms with Gasteiger partial charge in [-0.15, -0.1) is 0 Å². The lowest BCUT2D eigenvalue weighted by atomic mass is 10.7. The van der Waals surface area contributed by atoms with Crippen molar-refractivity contribution in [3.8, 4) is 0 Å². The number of hydrogen-bond acceptors (Lipinski definition) is 1. The van der Waals surface area contributed by atoms with Crippen molar-refractivity contribution >= 4 is 31.3 Å². The van der Waals surface area contributed by atoms with Crippen LogP contribution in [0, 0.1) is 0 Å². The maximum absolute atomic E-state index is 4.91. The van der Waals surface area contributed by atoms with Crippen LogP contribution in [0.1, 0.15) is 0 Å². The molecule has 1 nitrogen and oxygen atoms in total. The normalized spacial score (nSPS) is 9.43. The third kappa shape index (κ3) is 1.04. The highest BCUT2D eigenvalue weighted by molar-refractivity contribution is 6.34. The van der Waals surface area contributed by atoms with E-state index in [1.54, 1.807) is 0 Å². The molecule has 1 aromatic rings. The molecule has 0 atom stereocenters. The highest BCUT2D eigenvalue weighted by atomic mass is 28.1. The molecule has 0 amide bonds. The van der Waals surface area contributed by atoms with Crippen LogP contribution in [0.15, 0.2) is 16.5 Å². The summed E-state index contributed by atoms with van der Waals surface area (Å²) in [4.78, 5) is 0. The van der Waals surface area contributed by atoms with Gasteiger partial charge in [-0.05, 0) is 12.1 Å². The summed E-state index contributed by atoms with van der Waals surface area (Å²) in [6.07, 6.45) is 0. The summed E-state index contributed by atoms with van der Waals surface area (Å²) in [6, 6.07) is 3.64. The van der Waals surface area contributed by atoms with Crippen LogP contribution in [0.5, 0.6) is 0 Å². The van der Waals surface area contributed by atoms with Gasteiger partial charge in [0.05, 0.1) is 10.8 Å². The standard InChI is InChI=1S/C4H2OSi2/c6-3-1-2-4(7)5-3/h1-2H. The lowest BCUT2D eigenvalue weighted by Gasteiger charge is -1.76. The van der Waals surface area contributed by atoms with Crippen molar-refractivity contribution in [2.24, 2.45) is 0 Å². The smallest absolute Gasteiger partial charge is 0.126 e. The fourth-order valence-corrected chi connectivity index (χ4v) is 0.827. The Bertz CT molecular complexity index is 142. The van der Waals surface area contributed by atoms with E-state index in [-0.39, 0.29) is 0 Å². The Kier molecular flexibility index (Phi) is 1.16. The van der Waals surface area contributed by atoms with Crippen molar-refractivity contribution in [1.82, 2.24) is 0 Å². The van der Waals surface area contributed by atoms with Gasteiger partial charge >= 0.3 is 0 Å². The largest absolute Gasteiger partial charge is 0.478 e. The molecule has 32 valence electrons. The van der Waals surface area contributed by atoms with E-state index in [0.29, 0.717) is 0 Å². The average molecular weight is 122 g/mol. The minimum atomic E-state index is 0.741. The Hall–Kier alpha value is -0.286. The maximum atomic E-state index is 4.91. The van der Waals surface area contributed by atoms with Crippen LogP contribution in [0.25, 0.3) is 0 Å². The van der Waals surface area contributed by atoms with Crippen LogP contribution in [-0.2, 0) is 0 Å². The Morgan fingerprint density at radius 3 is 1.71 bits per heavy atom. The Morgan fingerprint density at radius 2 is 1.57 bits per heavy atom. The van der Waals surface area contributed by atoms with Crippen LogP contribution >= 0.6 is 0 Å². The number of furan rings is 1. The van der Waals surface area contributed by atoms with Crippen molar-refractivity contribution in [1.29, 1.82) is 0 Å². The van der Waals surface area contributed by atoms with Crippen LogP contribution in [0.4, 0.5) is 0 Å². The topological polar surface area (TPSA) is 13.1 Å². The first-order valence-electron chi connectivity index (χ1n) is 1.82. The van der Waals surface area contributed by atoms with Gasteiger partial charge in [0, 0.05) is 0 Å². The maximum Gasteiger partial charge on any atom is 0.126 e. The quantitative estimate of drug-likeness (QED) is 0.397. The minimum Gasteiger partial charge on any atom is -0.478 e. The van der Waals surface area contributed by atoms with E-state index in [0.717, 1.165) is 10.8 Å². The molecule has 0 aliphatic rings. The summed E-state index contributed by atoms with van der Waals surface area (Å²) in [5, 5.41) is 1.48. The predicted octanol–water partition coefficient (Wildman–Crippen LogP) is -1.13. The Morgan fingerprint density at radius 1 is 1.14 bits per heavy atom. The third-order valence-electron chi connectivity index (χ3n) is 0.606. The second-order valence-corrected chi connectivity index (χ2v) is 2.15. The van der Waals surface area contributed by atoms with Crippen molar-refractivity contribution in [3.05, 3.63) is 12.1 Å². The summed E-state index contributed by atoms with van der Waals surface area (Å²) in [5.74, 6) is 0. The van der Waals surface area contributed by atoms with Gasteiger partial charge < -0.3 is 4.42 Å². The van der Waals surface area contributed by atoms with Crippen LogP contribution in [0.3, 0.4) is 0 Å². The third-order valence-corrected chi connectivity index (χ3v) is 1.14. The fourth-order valence-electron chi connectivity index (χ4n) is 0.338. The zero-order chi connectivity index (χ0) is 5.28. The Balaban J connectivity index is 3.04. The summed E-state index contributed by atoms with van der Waals surface area (Å²) in [6.45, 7) is 0. The Labute approximate surface area is 48.6 Å². The SMILES string of the molecule is [Si]c1ccc([Si])o1. The molecular weight excluding hydrogens is 120 g/mol. The molecule has 0 saturated heterocycles. The average Bonchev–Trinajstić information content (AvgIpc) is 1.87. The summed E-state index contributed by atoms with van der Waals surface area (Å²) >= 11 is 0. The van der Waals surface area contributed by atoms with Gasteiger partial charge in [0.15, 0.2) is 0 Å². The van der Waals surface area contributed by atoms with Crippen molar-refractivity contribution in [2.75, 3.05) is 0 Å². The van der Waals surface area contributed by atoms with Crippen LogP contribution in [-0.4, -0.2) is 20.5 Å². The molecule has 1 aromatic heterocycles. The first kappa shape index (κ1) is 4.86. The van der Waals surface area contributed by atoms with Gasteiger partial charge in [-0.2, -0.15) is 0 Å². The molecule has 0 aliphatic heterocycles. The molecule has 0 N–H and O–H groups in total. The molecule has 0 unspecified atom stereocenters. The zero-order valence-electron chi connectivity index (χ0n) is 3.56. The van der Waals surface area contributed by atoms with E-state index in [2.05, 4.69) is 20.5 Å². The van der Waals surface area contributed by atoms with Gasteiger partial charge in [0.2, 0.25) is 0 Å². The first-order chi connectivity index (χ1) is 3.29. The molecule has 0 saturated carbocycles. The molecule has 0 aromatic carbocycles. The highest BCUT2D eigenvalue weighted by Gasteiger charge is 1.86.